The Balaban J connectivity index is 2.22. The second-order valence-corrected chi connectivity index (χ2v) is 4.50. The van der Waals surface area contributed by atoms with E-state index in [4.69, 9.17) is 0 Å². The second kappa shape index (κ2) is 4.35. The molecular formula is C14H14N4O. The summed E-state index contributed by atoms with van der Waals surface area (Å²) >= 11 is 0. The van der Waals surface area contributed by atoms with Crippen LogP contribution >= 0.6 is 0 Å². The summed E-state index contributed by atoms with van der Waals surface area (Å²) in [4.78, 5) is 18.3. The maximum Gasteiger partial charge on any atom is 0.349 e. The van der Waals surface area contributed by atoms with Crippen molar-refractivity contribution < 1.29 is 0 Å². The lowest BCUT2D eigenvalue weighted by molar-refractivity contribution is 0.840. The van der Waals surface area contributed by atoms with Gasteiger partial charge in [-0.15, -0.1) is 0 Å². The van der Waals surface area contributed by atoms with Crippen LogP contribution in [0.4, 0.5) is 0 Å². The Kier molecular flexibility index (Phi) is 2.67. The van der Waals surface area contributed by atoms with Gasteiger partial charge in [0, 0.05) is 5.56 Å². The molecule has 0 saturated heterocycles. The number of rotatable bonds is 2. The van der Waals surface area contributed by atoms with Crippen molar-refractivity contribution in [2.45, 2.75) is 20.3 Å². The first-order valence-corrected chi connectivity index (χ1v) is 6.22. The van der Waals surface area contributed by atoms with Crippen LogP contribution in [0.5, 0.6) is 0 Å². The Morgan fingerprint density at radius 2 is 2.21 bits per heavy atom. The van der Waals surface area contributed by atoms with Crippen LogP contribution in [-0.2, 0) is 6.42 Å². The molecule has 3 aromatic rings. The number of hydrogen-bond acceptors (Lipinski definition) is 3. The van der Waals surface area contributed by atoms with Gasteiger partial charge in [-0.05, 0) is 30.0 Å². The topological polar surface area (TPSA) is 63.1 Å². The van der Waals surface area contributed by atoms with E-state index < -0.39 is 0 Å². The summed E-state index contributed by atoms with van der Waals surface area (Å²) in [5.41, 5.74) is 4.76. The molecule has 0 spiro atoms. The highest BCUT2D eigenvalue weighted by Gasteiger charge is 2.10. The number of aromatic nitrogens is 4. The Hall–Kier alpha value is -2.43. The van der Waals surface area contributed by atoms with Crippen molar-refractivity contribution in [1.29, 1.82) is 0 Å². The molecule has 1 aromatic carbocycles. The minimum Gasteiger partial charge on any atom is -0.296 e. The van der Waals surface area contributed by atoms with Crippen LogP contribution in [0.25, 0.3) is 16.8 Å². The maximum absolute atomic E-state index is 11.6. The van der Waals surface area contributed by atoms with E-state index in [-0.39, 0.29) is 5.69 Å². The number of nitrogens with zero attached hydrogens (tertiary/aromatic N) is 3. The maximum atomic E-state index is 11.6. The van der Waals surface area contributed by atoms with E-state index in [9.17, 15) is 4.79 Å². The summed E-state index contributed by atoms with van der Waals surface area (Å²) < 4.78 is 1.28. The van der Waals surface area contributed by atoms with Crippen molar-refractivity contribution in [3.05, 3.63) is 52.3 Å². The van der Waals surface area contributed by atoms with Gasteiger partial charge in [0.15, 0.2) is 5.65 Å². The molecule has 0 fully saturated rings. The Morgan fingerprint density at radius 3 is 2.95 bits per heavy atom. The van der Waals surface area contributed by atoms with E-state index in [1.807, 2.05) is 6.07 Å². The third-order valence-corrected chi connectivity index (χ3v) is 3.35. The first-order valence-electron chi connectivity index (χ1n) is 6.22. The van der Waals surface area contributed by atoms with Gasteiger partial charge in [-0.2, -0.15) is 9.61 Å². The molecule has 3 rings (SSSR count). The molecule has 2 aromatic heterocycles. The first kappa shape index (κ1) is 11.6. The highest BCUT2D eigenvalue weighted by Crippen LogP contribution is 2.24. The number of benzene rings is 1. The van der Waals surface area contributed by atoms with Gasteiger partial charge in [-0.1, -0.05) is 25.1 Å². The lowest BCUT2D eigenvalue weighted by Gasteiger charge is -2.05. The molecule has 0 aliphatic rings. The zero-order chi connectivity index (χ0) is 13.4. The number of fused-ring (bicyclic) bond motifs is 1. The van der Waals surface area contributed by atoms with Crippen molar-refractivity contribution in [3.63, 3.8) is 0 Å². The lowest BCUT2D eigenvalue weighted by Crippen LogP contribution is -2.17. The number of H-pyrrole nitrogens is 1. The monoisotopic (exact) mass is 254 g/mol. The molecule has 0 bridgehead atoms. The minimum atomic E-state index is -0.279. The van der Waals surface area contributed by atoms with Crippen LogP contribution in [0.1, 0.15) is 18.1 Å². The van der Waals surface area contributed by atoms with E-state index >= 15 is 0 Å². The summed E-state index contributed by atoms with van der Waals surface area (Å²) in [6, 6.07) is 6.27. The normalized spacial score (nSPS) is 11.1. The molecule has 0 saturated carbocycles. The fourth-order valence-corrected chi connectivity index (χ4v) is 2.29. The molecule has 96 valence electrons. The van der Waals surface area contributed by atoms with Crippen LogP contribution in [0.15, 0.2) is 35.5 Å². The van der Waals surface area contributed by atoms with Gasteiger partial charge in [0.25, 0.3) is 0 Å². The van der Waals surface area contributed by atoms with Gasteiger partial charge in [0.2, 0.25) is 0 Å². The Labute approximate surface area is 109 Å². The van der Waals surface area contributed by atoms with Gasteiger partial charge in [-0.25, -0.2) is 9.78 Å². The Bertz CT molecular complexity index is 801. The van der Waals surface area contributed by atoms with Crippen molar-refractivity contribution in [2.75, 3.05) is 0 Å². The number of hydrogen-bond donors (Lipinski definition) is 1. The molecule has 5 nitrogen and oxygen atoms in total. The molecule has 1 N–H and O–H groups in total. The van der Waals surface area contributed by atoms with Gasteiger partial charge in [0.05, 0.1) is 12.5 Å². The van der Waals surface area contributed by atoms with E-state index in [2.05, 4.69) is 41.0 Å². The molecule has 0 atom stereocenters. The molecule has 2 heterocycles. The smallest absolute Gasteiger partial charge is 0.296 e. The predicted molar refractivity (Wildman–Crippen MR) is 73.2 cm³/mol. The van der Waals surface area contributed by atoms with Gasteiger partial charge < -0.3 is 0 Å². The predicted octanol–water partition coefficient (Wildman–Crippen LogP) is 1.96. The molecule has 19 heavy (non-hydrogen) atoms. The van der Waals surface area contributed by atoms with Crippen LogP contribution in [0.2, 0.25) is 0 Å². The second-order valence-electron chi connectivity index (χ2n) is 4.50. The fourth-order valence-electron chi connectivity index (χ4n) is 2.29. The summed E-state index contributed by atoms with van der Waals surface area (Å²) in [5, 5.41) is 4.08. The zero-order valence-corrected chi connectivity index (χ0v) is 10.8. The van der Waals surface area contributed by atoms with E-state index in [0.717, 1.165) is 17.5 Å². The molecule has 5 heteroatoms. The van der Waals surface area contributed by atoms with Crippen LogP contribution in [0.3, 0.4) is 0 Å². The highest BCUT2D eigenvalue weighted by atomic mass is 16.1. The molecule has 0 amide bonds. The van der Waals surface area contributed by atoms with Crippen molar-refractivity contribution >= 4 is 5.65 Å². The quantitative estimate of drug-likeness (QED) is 0.760. The van der Waals surface area contributed by atoms with E-state index in [1.165, 1.54) is 22.0 Å². The average molecular weight is 254 g/mol. The molecule has 0 unspecified atom stereocenters. The largest absolute Gasteiger partial charge is 0.349 e. The zero-order valence-electron chi connectivity index (χ0n) is 10.8. The summed E-state index contributed by atoms with van der Waals surface area (Å²) in [5.74, 6) is 0. The van der Waals surface area contributed by atoms with Crippen LogP contribution < -0.4 is 5.69 Å². The van der Waals surface area contributed by atoms with E-state index in [1.54, 1.807) is 6.20 Å². The average Bonchev–Trinajstić information content (AvgIpc) is 2.84. The van der Waals surface area contributed by atoms with Crippen LogP contribution in [0, 0.1) is 6.92 Å². The standard InChI is InChI=1S/C14H14N4O/c1-3-10-4-5-11(6-9(10)2)12-7-17-18-13(12)15-8-16-14(18)19/h4-8H,3H2,1-2H3,(H,15,16,19). The fraction of sp³-hybridized carbons (Fsp3) is 0.214. The number of nitrogens with one attached hydrogen (secondary N) is 1. The van der Waals surface area contributed by atoms with Gasteiger partial charge >= 0.3 is 5.69 Å². The van der Waals surface area contributed by atoms with Gasteiger partial charge in [0.1, 0.15) is 0 Å². The number of aryl methyl sites for hydroxylation is 2. The third-order valence-electron chi connectivity index (χ3n) is 3.35. The minimum absolute atomic E-state index is 0.279. The van der Waals surface area contributed by atoms with Crippen molar-refractivity contribution in [2.24, 2.45) is 0 Å². The SMILES string of the molecule is CCc1ccc(-c2cnn3c(=O)[nH]cnc23)cc1C. The number of aromatic amines is 1. The van der Waals surface area contributed by atoms with E-state index in [0.29, 0.717) is 5.65 Å². The molecule has 0 radical (unpaired) electrons. The molecular weight excluding hydrogens is 240 g/mol. The third kappa shape index (κ3) is 1.83. The summed E-state index contributed by atoms with van der Waals surface area (Å²) in [7, 11) is 0. The highest BCUT2D eigenvalue weighted by molar-refractivity contribution is 5.77. The van der Waals surface area contributed by atoms with Crippen molar-refractivity contribution in [3.8, 4) is 11.1 Å². The van der Waals surface area contributed by atoms with Gasteiger partial charge in [-0.3, -0.25) is 4.98 Å². The van der Waals surface area contributed by atoms with Crippen molar-refractivity contribution in [1.82, 2.24) is 19.6 Å². The molecule has 0 aliphatic carbocycles. The van der Waals surface area contributed by atoms with Crippen LogP contribution in [-0.4, -0.2) is 19.6 Å². The first-order chi connectivity index (χ1) is 9.20. The Morgan fingerprint density at radius 1 is 1.37 bits per heavy atom. The summed E-state index contributed by atoms with van der Waals surface area (Å²) in [6.07, 6.45) is 4.09. The molecule has 0 aliphatic heterocycles. The summed E-state index contributed by atoms with van der Waals surface area (Å²) in [6.45, 7) is 4.23. The lowest BCUT2D eigenvalue weighted by atomic mass is 10.0.